The molecule has 2 aromatic rings. The normalized spacial score (nSPS) is 12.2. The molecule has 18 heavy (non-hydrogen) atoms. The Bertz CT molecular complexity index is 537. The van der Waals surface area contributed by atoms with Crippen molar-refractivity contribution in [1.29, 1.82) is 0 Å². The Morgan fingerprint density at radius 1 is 1.33 bits per heavy atom. The highest BCUT2D eigenvalue weighted by molar-refractivity contribution is 9.11. The molecule has 1 N–H and O–H groups in total. The molecule has 0 fully saturated rings. The summed E-state index contributed by atoms with van der Waals surface area (Å²) in [6.45, 7) is 1.92. The molecule has 0 saturated heterocycles. The fraction of sp³-hybridized carbons (Fsp3) is 0.167. The Labute approximate surface area is 126 Å². The first-order valence-corrected chi connectivity index (χ1v) is 7.69. The van der Waals surface area contributed by atoms with Crippen molar-refractivity contribution in [2.45, 2.75) is 13.0 Å². The molecular weight excluding hydrogens is 380 g/mol. The van der Waals surface area contributed by atoms with Crippen LogP contribution in [0.25, 0.3) is 0 Å². The van der Waals surface area contributed by atoms with Crippen molar-refractivity contribution in [1.82, 2.24) is 10.3 Å². The second-order valence-corrected chi connectivity index (χ2v) is 6.48. The number of thiazole rings is 1. The fourth-order valence-electron chi connectivity index (χ4n) is 1.47. The van der Waals surface area contributed by atoms with Crippen LogP contribution in [0, 0.1) is 0 Å². The highest BCUT2D eigenvalue weighted by Gasteiger charge is 2.13. The maximum atomic E-state index is 12.1. The van der Waals surface area contributed by atoms with Crippen LogP contribution in [0.5, 0.6) is 0 Å². The average molecular weight is 390 g/mol. The molecule has 1 atom stereocenters. The summed E-state index contributed by atoms with van der Waals surface area (Å²) in [5, 5.41) is 5.72. The van der Waals surface area contributed by atoms with Crippen LogP contribution in [0.3, 0.4) is 0 Å². The van der Waals surface area contributed by atoms with Gasteiger partial charge in [0.1, 0.15) is 5.01 Å². The van der Waals surface area contributed by atoms with Gasteiger partial charge in [-0.3, -0.25) is 4.79 Å². The summed E-state index contributed by atoms with van der Waals surface area (Å²) in [5.41, 5.74) is 0.611. The SMILES string of the molecule is CC(NC(=O)c1cc(Br)cc(Br)c1)c1nccs1. The first kappa shape index (κ1) is 13.7. The van der Waals surface area contributed by atoms with E-state index in [0.29, 0.717) is 5.56 Å². The van der Waals surface area contributed by atoms with E-state index < -0.39 is 0 Å². The van der Waals surface area contributed by atoms with E-state index in [4.69, 9.17) is 0 Å². The second kappa shape index (κ2) is 5.95. The Morgan fingerprint density at radius 2 is 2.00 bits per heavy atom. The minimum atomic E-state index is -0.111. The maximum absolute atomic E-state index is 12.1. The van der Waals surface area contributed by atoms with Gasteiger partial charge in [0.2, 0.25) is 0 Å². The van der Waals surface area contributed by atoms with Crippen molar-refractivity contribution in [3.05, 3.63) is 49.3 Å². The summed E-state index contributed by atoms with van der Waals surface area (Å²) in [6, 6.07) is 5.37. The van der Waals surface area contributed by atoms with Gasteiger partial charge in [0, 0.05) is 26.1 Å². The molecule has 0 radical (unpaired) electrons. The lowest BCUT2D eigenvalue weighted by Gasteiger charge is -2.11. The maximum Gasteiger partial charge on any atom is 0.251 e. The minimum Gasteiger partial charge on any atom is -0.343 e. The lowest BCUT2D eigenvalue weighted by Crippen LogP contribution is -2.26. The predicted octanol–water partition coefficient (Wildman–Crippen LogP) is 4.16. The van der Waals surface area contributed by atoms with Gasteiger partial charge < -0.3 is 5.32 Å². The van der Waals surface area contributed by atoms with Crippen molar-refractivity contribution in [3.8, 4) is 0 Å². The molecular formula is C12H10Br2N2OS. The number of hydrogen-bond acceptors (Lipinski definition) is 3. The van der Waals surface area contributed by atoms with E-state index in [1.165, 1.54) is 11.3 Å². The molecule has 0 spiro atoms. The van der Waals surface area contributed by atoms with Gasteiger partial charge in [0.15, 0.2) is 0 Å². The fourth-order valence-corrected chi connectivity index (χ4v) is 3.41. The van der Waals surface area contributed by atoms with E-state index in [1.54, 1.807) is 18.3 Å². The Morgan fingerprint density at radius 3 is 2.56 bits per heavy atom. The summed E-state index contributed by atoms with van der Waals surface area (Å²) in [6.07, 6.45) is 1.73. The molecule has 2 rings (SSSR count). The quantitative estimate of drug-likeness (QED) is 0.856. The van der Waals surface area contributed by atoms with Gasteiger partial charge in [0.05, 0.1) is 6.04 Å². The van der Waals surface area contributed by atoms with Crippen LogP contribution in [0.4, 0.5) is 0 Å². The van der Waals surface area contributed by atoms with Crippen molar-refractivity contribution in [2.75, 3.05) is 0 Å². The van der Waals surface area contributed by atoms with Gasteiger partial charge in [-0.1, -0.05) is 31.9 Å². The molecule has 0 aliphatic rings. The number of aromatic nitrogens is 1. The Hall–Kier alpha value is -0.720. The monoisotopic (exact) mass is 388 g/mol. The average Bonchev–Trinajstić information content (AvgIpc) is 2.80. The lowest BCUT2D eigenvalue weighted by molar-refractivity contribution is 0.0939. The number of benzene rings is 1. The van der Waals surface area contributed by atoms with Gasteiger partial charge in [-0.15, -0.1) is 11.3 Å². The smallest absolute Gasteiger partial charge is 0.251 e. The summed E-state index contributed by atoms with van der Waals surface area (Å²) in [4.78, 5) is 16.3. The van der Waals surface area contributed by atoms with Crippen LogP contribution in [0.15, 0.2) is 38.7 Å². The summed E-state index contributed by atoms with van der Waals surface area (Å²) in [7, 11) is 0. The third-order valence-corrected chi connectivity index (χ3v) is 4.17. The first-order chi connectivity index (χ1) is 8.56. The van der Waals surface area contributed by atoms with E-state index in [-0.39, 0.29) is 11.9 Å². The number of carbonyl (C=O) groups is 1. The van der Waals surface area contributed by atoms with E-state index in [0.717, 1.165) is 14.0 Å². The third-order valence-electron chi connectivity index (χ3n) is 2.29. The number of hydrogen-bond donors (Lipinski definition) is 1. The van der Waals surface area contributed by atoms with Crippen LogP contribution < -0.4 is 5.32 Å². The number of nitrogens with zero attached hydrogens (tertiary/aromatic N) is 1. The summed E-state index contributed by atoms with van der Waals surface area (Å²) >= 11 is 8.26. The molecule has 0 aliphatic carbocycles. The zero-order valence-corrected chi connectivity index (χ0v) is 13.5. The minimum absolute atomic E-state index is 0.0877. The van der Waals surface area contributed by atoms with Gasteiger partial charge in [-0.2, -0.15) is 0 Å². The van der Waals surface area contributed by atoms with E-state index in [1.807, 2.05) is 18.4 Å². The molecule has 94 valence electrons. The number of carbonyl (C=O) groups excluding carboxylic acids is 1. The number of nitrogens with one attached hydrogen (secondary N) is 1. The first-order valence-electron chi connectivity index (χ1n) is 5.22. The standard InChI is InChI=1S/C12H10Br2N2OS/c1-7(12-15-2-3-18-12)16-11(17)8-4-9(13)6-10(14)5-8/h2-7H,1H3,(H,16,17). The molecule has 0 aliphatic heterocycles. The Balaban J connectivity index is 2.12. The largest absolute Gasteiger partial charge is 0.343 e. The zero-order valence-electron chi connectivity index (χ0n) is 9.48. The van der Waals surface area contributed by atoms with Crippen molar-refractivity contribution < 1.29 is 4.79 Å². The topological polar surface area (TPSA) is 42.0 Å². The second-order valence-electron chi connectivity index (χ2n) is 3.72. The molecule has 1 heterocycles. The van der Waals surface area contributed by atoms with E-state index in [9.17, 15) is 4.79 Å². The summed E-state index contributed by atoms with van der Waals surface area (Å²) < 4.78 is 1.73. The van der Waals surface area contributed by atoms with Crippen LogP contribution in [0.1, 0.15) is 28.3 Å². The van der Waals surface area contributed by atoms with Crippen LogP contribution in [0.2, 0.25) is 0 Å². The summed E-state index contributed by atoms with van der Waals surface area (Å²) in [5.74, 6) is -0.111. The highest BCUT2D eigenvalue weighted by atomic mass is 79.9. The van der Waals surface area contributed by atoms with Crippen molar-refractivity contribution in [2.24, 2.45) is 0 Å². The van der Waals surface area contributed by atoms with Crippen LogP contribution in [-0.2, 0) is 0 Å². The van der Waals surface area contributed by atoms with Gasteiger partial charge >= 0.3 is 0 Å². The van der Waals surface area contributed by atoms with Crippen molar-refractivity contribution >= 4 is 49.1 Å². The number of amides is 1. The number of halogens is 2. The van der Waals surface area contributed by atoms with E-state index in [2.05, 4.69) is 42.2 Å². The molecule has 0 saturated carbocycles. The third kappa shape index (κ3) is 3.40. The molecule has 6 heteroatoms. The lowest BCUT2D eigenvalue weighted by atomic mass is 10.2. The number of rotatable bonds is 3. The molecule has 1 amide bonds. The van der Waals surface area contributed by atoms with Gasteiger partial charge in [-0.05, 0) is 25.1 Å². The van der Waals surface area contributed by atoms with Crippen LogP contribution in [-0.4, -0.2) is 10.9 Å². The molecule has 3 nitrogen and oxygen atoms in total. The molecule has 1 unspecified atom stereocenters. The predicted molar refractivity (Wildman–Crippen MR) is 79.8 cm³/mol. The highest BCUT2D eigenvalue weighted by Crippen LogP contribution is 2.21. The molecule has 0 bridgehead atoms. The Kier molecular flexibility index (Phi) is 4.53. The van der Waals surface area contributed by atoms with Gasteiger partial charge in [0.25, 0.3) is 5.91 Å². The molecule has 1 aromatic heterocycles. The molecule has 1 aromatic carbocycles. The van der Waals surface area contributed by atoms with Crippen molar-refractivity contribution in [3.63, 3.8) is 0 Å². The van der Waals surface area contributed by atoms with Crippen LogP contribution >= 0.6 is 43.2 Å². The zero-order chi connectivity index (χ0) is 13.1. The van der Waals surface area contributed by atoms with Gasteiger partial charge in [-0.25, -0.2) is 4.98 Å². The van der Waals surface area contributed by atoms with E-state index >= 15 is 0 Å².